The molecule has 0 fully saturated rings. The van der Waals surface area contributed by atoms with E-state index in [0.717, 1.165) is 0 Å². The normalized spacial score (nSPS) is 12.7. The third-order valence-electron chi connectivity index (χ3n) is 2.85. The average molecular weight is 303 g/mol. The van der Waals surface area contributed by atoms with Crippen LogP contribution in [0, 0.1) is 5.82 Å². The van der Waals surface area contributed by atoms with Crippen molar-refractivity contribution in [3.8, 4) is 0 Å². The highest BCUT2D eigenvalue weighted by Gasteiger charge is 2.21. The van der Waals surface area contributed by atoms with Gasteiger partial charge in [0.15, 0.2) is 0 Å². The highest BCUT2D eigenvalue weighted by atomic mass is 35.5. The van der Waals surface area contributed by atoms with Gasteiger partial charge in [-0.1, -0.05) is 29.3 Å². The maximum Gasteiger partial charge on any atom is 0.141 e. The monoisotopic (exact) mass is 302 g/mol. The second-order valence-electron chi connectivity index (χ2n) is 3.97. The van der Waals surface area contributed by atoms with Crippen molar-refractivity contribution in [2.24, 2.45) is 5.84 Å². The Labute approximate surface area is 120 Å². The molecule has 0 spiro atoms. The summed E-state index contributed by atoms with van der Waals surface area (Å²) >= 11 is 11.9. The van der Waals surface area contributed by atoms with E-state index in [1.54, 1.807) is 16.9 Å². The molecule has 0 saturated carbocycles. The predicted molar refractivity (Wildman–Crippen MR) is 73.5 cm³/mol. The van der Waals surface area contributed by atoms with E-state index in [1.165, 1.54) is 12.1 Å². The molecule has 2 aromatic rings. The van der Waals surface area contributed by atoms with Crippen LogP contribution in [0.4, 0.5) is 4.39 Å². The fraction of sp³-hybridized carbons (Fsp3) is 0.250. The number of nitrogens with zero attached hydrogens (tertiary/aromatic N) is 2. The van der Waals surface area contributed by atoms with Crippen molar-refractivity contribution in [2.45, 2.75) is 19.5 Å². The molecule has 1 heterocycles. The predicted octanol–water partition coefficient (Wildman–Crippen LogP) is 2.90. The zero-order chi connectivity index (χ0) is 14.0. The Bertz CT molecular complexity index is 585. The van der Waals surface area contributed by atoms with Crippen LogP contribution in [0.1, 0.15) is 24.2 Å². The number of rotatable bonds is 4. The van der Waals surface area contributed by atoms with E-state index < -0.39 is 11.9 Å². The molecule has 2 rings (SSSR count). The van der Waals surface area contributed by atoms with Crippen molar-refractivity contribution in [1.82, 2.24) is 15.2 Å². The average Bonchev–Trinajstić information content (AvgIpc) is 2.76. The number of nitrogens with two attached hydrogens (primary N) is 1. The highest BCUT2D eigenvalue weighted by Crippen LogP contribution is 2.29. The van der Waals surface area contributed by atoms with Gasteiger partial charge in [0.2, 0.25) is 0 Å². The number of benzene rings is 1. The molecule has 1 atom stereocenters. The zero-order valence-electron chi connectivity index (χ0n) is 10.2. The van der Waals surface area contributed by atoms with Crippen LogP contribution in [-0.4, -0.2) is 9.78 Å². The van der Waals surface area contributed by atoms with Crippen molar-refractivity contribution in [3.05, 3.63) is 51.5 Å². The largest absolute Gasteiger partial charge is 0.271 e. The van der Waals surface area contributed by atoms with Gasteiger partial charge >= 0.3 is 0 Å². The minimum atomic E-state index is -0.476. The molecule has 3 N–H and O–H groups in total. The minimum absolute atomic E-state index is 0.0384. The molecule has 102 valence electrons. The fourth-order valence-electron chi connectivity index (χ4n) is 1.94. The first kappa shape index (κ1) is 14.3. The molecule has 0 saturated heterocycles. The zero-order valence-corrected chi connectivity index (χ0v) is 11.7. The summed E-state index contributed by atoms with van der Waals surface area (Å²) in [6.45, 7) is 2.59. The van der Waals surface area contributed by atoms with Crippen LogP contribution in [-0.2, 0) is 6.54 Å². The van der Waals surface area contributed by atoms with Crippen LogP contribution in [0.5, 0.6) is 0 Å². The van der Waals surface area contributed by atoms with E-state index in [0.29, 0.717) is 22.8 Å². The first-order valence-corrected chi connectivity index (χ1v) is 6.46. The van der Waals surface area contributed by atoms with Gasteiger partial charge in [0.05, 0.1) is 28.0 Å². The highest BCUT2D eigenvalue weighted by molar-refractivity contribution is 6.31. The second kappa shape index (κ2) is 5.88. The molecule has 1 aromatic heterocycles. The first-order valence-electron chi connectivity index (χ1n) is 5.70. The third-order valence-corrected chi connectivity index (χ3v) is 3.43. The van der Waals surface area contributed by atoms with Gasteiger partial charge in [0.25, 0.3) is 0 Å². The molecule has 0 radical (unpaired) electrons. The second-order valence-corrected chi connectivity index (χ2v) is 4.78. The Morgan fingerprint density at radius 3 is 2.74 bits per heavy atom. The quantitative estimate of drug-likeness (QED) is 0.674. The molecule has 7 heteroatoms. The van der Waals surface area contributed by atoms with Crippen molar-refractivity contribution in [1.29, 1.82) is 0 Å². The number of hydrogen-bond acceptors (Lipinski definition) is 3. The van der Waals surface area contributed by atoms with Crippen molar-refractivity contribution < 1.29 is 4.39 Å². The van der Waals surface area contributed by atoms with Gasteiger partial charge in [-0.25, -0.2) is 9.82 Å². The number of halogens is 3. The van der Waals surface area contributed by atoms with Crippen LogP contribution in [0.2, 0.25) is 10.0 Å². The van der Waals surface area contributed by atoms with Crippen molar-refractivity contribution in [3.63, 3.8) is 0 Å². The lowest BCUT2D eigenvalue weighted by atomic mass is 10.0. The Morgan fingerprint density at radius 1 is 1.42 bits per heavy atom. The van der Waals surface area contributed by atoms with E-state index in [-0.39, 0.29) is 5.02 Å². The van der Waals surface area contributed by atoms with Crippen LogP contribution in [0.25, 0.3) is 0 Å². The van der Waals surface area contributed by atoms with Crippen LogP contribution >= 0.6 is 23.2 Å². The molecular weight excluding hydrogens is 290 g/mol. The number of hydrogen-bond donors (Lipinski definition) is 2. The summed E-state index contributed by atoms with van der Waals surface area (Å²) in [7, 11) is 0. The third kappa shape index (κ3) is 2.74. The molecule has 0 amide bonds. The van der Waals surface area contributed by atoms with Gasteiger partial charge in [-0.15, -0.1) is 0 Å². The lowest BCUT2D eigenvalue weighted by molar-refractivity contribution is 0.542. The smallest absolute Gasteiger partial charge is 0.141 e. The molecule has 0 bridgehead atoms. The summed E-state index contributed by atoms with van der Waals surface area (Å²) < 4.78 is 14.9. The van der Waals surface area contributed by atoms with E-state index in [2.05, 4.69) is 10.5 Å². The Hall–Kier alpha value is -1.14. The topological polar surface area (TPSA) is 55.9 Å². The van der Waals surface area contributed by atoms with Crippen LogP contribution in [0.15, 0.2) is 24.4 Å². The molecule has 19 heavy (non-hydrogen) atoms. The van der Waals surface area contributed by atoms with Crippen molar-refractivity contribution >= 4 is 23.2 Å². The lowest BCUT2D eigenvalue weighted by Gasteiger charge is -2.18. The van der Waals surface area contributed by atoms with E-state index in [4.69, 9.17) is 29.0 Å². The molecule has 0 aliphatic carbocycles. The standard InChI is InChI=1S/C12H13Cl2FN4/c1-2-19-12(9(14)6-17-19)11(18-16)7-3-4-10(15)8(13)5-7/h3-6,11,18H,2,16H2,1H3. The fourth-order valence-corrected chi connectivity index (χ4v) is 2.38. The number of aromatic nitrogens is 2. The number of nitrogens with one attached hydrogen (secondary N) is 1. The number of hydrazine groups is 1. The van der Waals surface area contributed by atoms with E-state index >= 15 is 0 Å². The van der Waals surface area contributed by atoms with Crippen LogP contribution < -0.4 is 11.3 Å². The molecule has 1 aromatic carbocycles. The SMILES string of the molecule is CCn1ncc(Cl)c1C(NN)c1ccc(F)c(Cl)c1. The molecule has 0 aliphatic rings. The summed E-state index contributed by atoms with van der Waals surface area (Å²) in [5.74, 6) is 5.11. The summed E-state index contributed by atoms with van der Waals surface area (Å²) in [6, 6.07) is 4.01. The molecular formula is C12H13Cl2FN4. The molecule has 4 nitrogen and oxygen atoms in total. The van der Waals surface area contributed by atoms with E-state index in [9.17, 15) is 4.39 Å². The lowest BCUT2D eigenvalue weighted by Crippen LogP contribution is -2.31. The van der Waals surface area contributed by atoms with Gasteiger partial charge in [0, 0.05) is 6.54 Å². The maximum absolute atomic E-state index is 13.2. The van der Waals surface area contributed by atoms with Crippen molar-refractivity contribution in [2.75, 3.05) is 0 Å². The number of aryl methyl sites for hydroxylation is 1. The molecule has 0 aliphatic heterocycles. The van der Waals surface area contributed by atoms with Gasteiger partial charge in [0.1, 0.15) is 5.82 Å². The van der Waals surface area contributed by atoms with E-state index in [1.807, 2.05) is 6.92 Å². The van der Waals surface area contributed by atoms with Gasteiger partial charge in [-0.05, 0) is 24.6 Å². The summed E-state index contributed by atoms with van der Waals surface area (Å²) in [5, 5.41) is 4.68. The minimum Gasteiger partial charge on any atom is -0.271 e. The Balaban J connectivity index is 2.49. The maximum atomic E-state index is 13.2. The van der Waals surface area contributed by atoms with Gasteiger partial charge < -0.3 is 0 Å². The Morgan fingerprint density at radius 2 is 2.16 bits per heavy atom. The summed E-state index contributed by atoms with van der Waals surface area (Å²) in [5.41, 5.74) is 4.09. The Kier molecular flexibility index (Phi) is 4.42. The van der Waals surface area contributed by atoms with Gasteiger partial charge in [-0.3, -0.25) is 10.5 Å². The van der Waals surface area contributed by atoms with Crippen LogP contribution in [0.3, 0.4) is 0 Å². The summed E-state index contributed by atoms with van der Waals surface area (Å²) in [4.78, 5) is 0. The molecule has 1 unspecified atom stereocenters. The van der Waals surface area contributed by atoms with Gasteiger partial charge in [-0.2, -0.15) is 5.10 Å². The first-order chi connectivity index (χ1) is 9.08. The summed E-state index contributed by atoms with van der Waals surface area (Å²) in [6.07, 6.45) is 1.55.